The first-order valence-corrected chi connectivity index (χ1v) is 9.91. The molecule has 0 spiro atoms. The van der Waals surface area contributed by atoms with E-state index in [1.165, 1.54) is 10.5 Å². The third-order valence-corrected chi connectivity index (χ3v) is 5.73. The number of likely N-dealkylation sites (N-methyl/N-ethyl adjacent to an activating group) is 1. The summed E-state index contributed by atoms with van der Waals surface area (Å²) in [5.74, 6) is 0.354. The van der Waals surface area contributed by atoms with E-state index in [1.807, 2.05) is 6.07 Å². The Morgan fingerprint density at radius 1 is 1.08 bits per heavy atom. The van der Waals surface area contributed by atoms with Crippen molar-refractivity contribution in [2.45, 2.75) is 24.2 Å². The second-order valence-electron chi connectivity index (χ2n) is 6.49. The molecule has 6 nitrogen and oxygen atoms in total. The Hall–Kier alpha value is -2.54. The van der Waals surface area contributed by atoms with Gasteiger partial charge in [0, 0.05) is 19.8 Å². The van der Waals surface area contributed by atoms with Gasteiger partial charge in [-0.3, -0.25) is 9.52 Å². The molecule has 0 heterocycles. The summed E-state index contributed by atoms with van der Waals surface area (Å²) < 4.78 is 33.1. The first kappa shape index (κ1) is 18.3. The smallest absolute Gasteiger partial charge is 0.261 e. The Balaban J connectivity index is 1.67. The van der Waals surface area contributed by atoms with Crippen LogP contribution in [-0.4, -0.2) is 39.9 Å². The molecule has 0 unspecified atom stereocenters. The van der Waals surface area contributed by atoms with Gasteiger partial charge in [0.15, 0.2) is 6.61 Å². The molecule has 2 aromatic rings. The summed E-state index contributed by atoms with van der Waals surface area (Å²) in [5.41, 5.74) is 2.79. The van der Waals surface area contributed by atoms with E-state index in [1.54, 1.807) is 50.5 Å². The number of benzene rings is 2. The van der Waals surface area contributed by atoms with Crippen molar-refractivity contribution in [1.29, 1.82) is 0 Å². The predicted molar refractivity (Wildman–Crippen MR) is 99.9 cm³/mol. The van der Waals surface area contributed by atoms with Gasteiger partial charge < -0.3 is 9.64 Å². The van der Waals surface area contributed by atoms with Gasteiger partial charge in [0.1, 0.15) is 5.75 Å². The van der Waals surface area contributed by atoms with E-state index in [0.29, 0.717) is 11.4 Å². The number of aryl methyl sites for hydroxylation is 2. The lowest BCUT2D eigenvalue weighted by Gasteiger charge is -2.12. The second kappa shape index (κ2) is 7.37. The number of ether oxygens (including phenoxy) is 1. The zero-order valence-corrected chi connectivity index (χ0v) is 15.7. The molecule has 3 rings (SSSR count). The maximum absolute atomic E-state index is 12.6. The molecule has 1 amide bonds. The summed E-state index contributed by atoms with van der Waals surface area (Å²) in [4.78, 5) is 13.2. The van der Waals surface area contributed by atoms with E-state index in [9.17, 15) is 13.2 Å². The van der Waals surface area contributed by atoms with Crippen LogP contribution in [0.5, 0.6) is 5.75 Å². The Morgan fingerprint density at radius 3 is 2.46 bits per heavy atom. The fourth-order valence-corrected chi connectivity index (χ4v) is 3.93. The van der Waals surface area contributed by atoms with E-state index in [4.69, 9.17) is 4.74 Å². The number of fused-ring (bicyclic) bond motifs is 1. The van der Waals surface area contributed by atoms with Gasteiger partial charge in [-0.15, -0.1) is 0 Å². The minimum atomic E-state index is -3.64. The molecule has 0 bridgehead atoms. The Kier molecular flexibility index (Phi) is 5.18. The van der Waals surface area contributed by atoms with Gasteiger partial charge in [0.2, 0.25) is 0 Å². The summed E-state index contributed by atoms with van der Waals surface area (Å²) >= 11 is 0. The van der Waals surface area contributed by atoms with E-state index < -0.39 is 10.0 Å². The van der Waals surface area contributed by atoms with Crippen LogP contribution < -0.4 is 9.46 Å². The number of nitrogens with zero attached hydrogens (tertiary/aromatic N) is 1. The number of anilines is 1. The van der Waals surface area contributed by atoms with E-state index in [2.05, 4.69) is 4.72 Å². The average Bonchev–Trinajstić information content (AvgIpc) is 3.08. The average molecular weight is 374 g/mol. The lowest BCUT2D eigenvalue weighted by molar-refractivity contribution is -0.130. The number of sulfonamides is 1. The summed E-state index contributed by atoms with van der Waals surface area (Å²) in [6.45, 7) is -0.0623. The molecule has 26 heavy (non-hydrogen) atoms. The highest BCUT2D eigenvalue weighted by Crippen LogP contribution is 2.26. The van der Waals surface area contributed by atoms with Gasteiger partial charge in [0.05, 0.1) is 4.90 Å². The van der Waals surface area contributed by atoms with Crippen molar-refractivity contribution in [3.05, 3.63) is 53.6 Å². The van der Waals surface area contributed by atoms with Crippen molar-refractivity contribution in [3.8, 4) is 5.75 Å². The van der Waals surface area contributed by atoms with Gasteiger partial charge in [-0.1, -0.05) is 6.07 Å². The Labute approximate surface area is 153 Å². The molecule has 1 N–H and O–H groups in total. The minimum absolute atomic E-state index is 0.0623. The SMILES string of the molecule is CN(C)C(=O)COc1ccc(NS(=O)(=O)c2ccc3c(c2)CCC3)cc1. The second-order valence-corrected chi connectivity index (χ2v) is 8.17. The quantitative estimate of drug-likeness (QED) is 0.843. The molecule has 0 radical (unpaired) electrons. The van der Waals surface area contributed by atoms with Crippen LogP contribution in [0.3, 0.4) is 0 Å². The maximum Gasteiger partial charge on any atom is 0.261 e. The summed E-state index contributed by atoms with van der Waals surface area (Å²) in [5, 5.41) is 0. The van der Waals surface area contributed by atoms with Crippen LogP contribution in [0.25, 0.3) is 0 Å². The molecular formula is C19H22N2O4S. The van der Waals surface area contributed by atoms with E-state index >= 15 is 0 Å². The number of nitrogens with one attached hydrogen (secondary N) is 1. The molecule has 0 atom stereocenters. The van der Waals surface area contributed by atoms with Crippen molar-refractivity contribution in [3.63, 3.8) is 0 Å². The first-order chi connectivity index (χ1) is 12.3. The number of rotatable bonds is 6. The molecule has 0 aromatic heterocycles. The topological polar surface area (TPSA) is 75.7 Å². The zero-order valence-electron chi connectivity index (χ0n) is 14.9. The largest absolute Gasteiger partial charge is 0.484 e. The molecule has 7 heteroatoms. The Morgan fingerprint density at radius 2 is 1.77 bits per heavy atom. The van der Waals surface area contributed by atoms with Gasteiger partial charge in [-0.25, -0.2) is 8.42 Å². The summed E-state index contributed by atoms with van der Waals surface area (Å²) in [7, 11) is -0.326. The molecule has 138 valence electrons. The fraction of sp³-hybridized carbons (Fsp3) is 0.316. The van der Waals surface area contributed by atoms with Crippen molar-refractivity contribution in [2.75, 3.05) is 25.4 Å². The highest BCUT2D eigenvalue weighted by molar-refractivity contribution is 7.92. The van der Waals surface area contributed by atoms with Crippen molar-refractivity contribution in [2.24, 2.45) is 0 Å². The standard InChI is InChI=1S/C19H22N2O4S/c1-21(2)19(22)13-25-17-9-7-16(8-10-17)20-26(23,24)18-11-6-14-4-3-5-15(14)12-18/h6-12,20H,3-5,13H2,1-2H3. The van der Waals surface area contributed by atoms with Crippen molar-refractivity contribution < 1.29 is 17.9 Å². The normalized spacial score (nSPS) is 13.2. The maximum atomic E-state index is 12.6. The van der Waals surface area contributed by atoms with Crippen LogP contribution >= 0.6 is 0 Å². The number of hydrogen-bond acceptors (Lipinski definition) is 4. The van der Waals surface area contributed by atoms with Crippen LogP contribution in [-0.2, 0) is 27.7 Å². The van der Waals surface area contributed by atoms with Gasteiger partial charge in [-0.2, -0.15) is 0 Å². The number of carbonyl (C=O) groups excluding carboxylic acids is 1. The van der Waals surface area contributed by atoms with Crippen LogP contribution in [0.1, 0.15) is 17.5 Å². The van der Waals surface area contributed by atoms with E-state index in [0.717, 1.165) is 24.8 Å². The third kappa shape index (κ3) is 4.16. The molecule has 0 saturated heterocycles. The highest BCUT2D eigenvalue weighted by Gasteiger charge is 2.18. The van der Waals surface area contributed by atoms with Crippen molar-refractivity contribution >= 4 is 21.6 Å². The number of hydrogen-bond donors (Lipinski definition) is 1. The van der Waals surface area contributed by atoms with Crippen LogP contribution in [0.2, 0.25) is 0 Å². The molecule has 0 aliphatic heterocycles. The third-order valence-electron chi connectivity index (χ3n) is 4.35. The monoisotopic (exact) mass is 374 g/mol. The van der Waals surface area contributed by atoms with E-state index in [-0.39, 0.29) is 17.4 Å². The first-order valence-electron chi connectivity index (χ1n) is 8.43. The van der Waals surface area contributed by atoms with Crippen molar-refractivity contribution in [1.82, 2.24) is 4.90 Å². The van der Waals surface area contributed by atoms with Crippen LogP contribution in [0.4, 0.5) is 5.69 Å². The lowest BCUT2D eigenvalue weighted by atomic mass is 10.1. The molecule has 0 fully saturated rings. The van der Waals surface area contributed by atoms with Crippen LogP contribution in [0, 0.1) is 0 Å². The molecule has 2 aromatic carbocycles. The van der Waals surface area contributed by atoms with Gasteiger partial charge in [-0.05, 0) is 66.8 Å². The number of amides is 1. The molecule has 1 aliphatic rings. The lowest BCUT2D eigenvalue weighted by Crippen LogP contribution is -2.27. The minimum Gasteiger partial charge on any atom is -0.484 e. The summed E-state index contributed by atoms with van der Waals surface area (Å²) in [6.07, 6.45) is 3.02. The zero-order chi connectivity index (χ0) is 18.7. The fourth-order valence-electron chi connectivity index (χ4n) is 2.82. The highest BCUT2D eigenvalue weighted by atomic mass is 32.2. The van der Waals surface area contributed by atoms with Gasteiger partial charge in [0.25, 0.3) is 15.9 Å². The summed E-state index contributed by atoms with van der Waals surface area (Å²) in [6, 6.07) is 11.8. The molecular weight excluding hydrogens is 352 g/mol. The predicted octanol–water partition coefficient (Wildman–Crippen LogP) is 2.44. The van der Waals surface area contributed by atoms with Gasteiger partial charge >= 0.3 is 0 Å². The molecule has 0 saturated carbocycles. The molecule has 1 aliphatic carbocycles. The Bertz CT molecular complexity index is 906. The van der Waals surface area contributed by atoms with Crippen LogP contribution in [0.15, 0.2) is 47.4 Å². The number of carbonyl (C=O) groups is 1.